The van der Waals surface area contributed by atoms with Crippen molar-refractivity contribution in [3.63, 3.8) is 0 Å². The fourth-order valence-corrected chi connectivity index (χ4v) is 4.95. The predicted octanol–water partition coefficient (Wildman–Crippen LogP) is 4.88. The summed E-state index contributed by atoms with van der Waals surface area (Å²) >= 11 is 1.23. The number of carbonyl (C=O) groups excluding carboxylic acids is 1. The molecule has 0 saturated heterocycles. The number of carbonyl (C=O) groups is 1. The van der Waals surface area contributed by atoms with Crippen LogP contribution in [0.1, 0.15) is 21.5 Å². The second kappa shape index (κ2) is 9.62. The minimum atomic E-state index is -3.80. The average molecular weight is 495 g/mol. The van der Waals surface area contributed by atoms with Crippen LogP contribution < -0.4 is 14.8 Å². The molecule has 174 valence electrons. The van der Waals surface area contributed by atoms with E-state index in [1.165, 1.54) is 17.4 Å². The summed E-state index contributed by atoms with van der Waals surface area (Å²) in [6, 6.07) is 18.7. The monoisotopic (exact) mass is 494 g/mol. The molecule has 3 aromatic carbocycles. The molecular formula is C24H22N4O4S2. The molecule has 0 fully saturated rings. The molecule has 4 rings (SSSR count). The summed E-state index contributed by atoms with van der Waals surface area (Å²) in [5.41, 5.74) is 3.10. The Kier molecular flexibility index (Phi) is 6.62. The highest BCUT2D eigenvalue weighted by Gasteiger charge is 2.17. The number of nitrogens with one attached hydrogen (secondary N) is 2. The van der Waals surface area contributed by atoms with Crippen molar-refractivity contribution in [2.75, 3.05) is 17.1 Å². The highest BCUT2D eigenvalue weighted by atomic mass is 32.2. The molecule has 10 heteroatoms. The number of anilines is 2. The van der Waals surface area contributed by atoms with Crippen LogP contribution >= 0.6 is 11.3 Å². The van der Waals surface area contributed by atoms with E-state index in [2.05, 4.69) is 20.2 Å². The van der Waals surface area contributed by atoms with Gasteiger partial charge in [0.15, 0.2) is 0 Å². The molecular weight excluding hydrogens is 472 g/mol. The number of aryl methyl sites for hydroxylation is 2. The Morgan fingerprint density at radius 1 is 0.941 bits per heavy atom. The first-order chi connectivity index (χ1) is 16.2. The number of nitrogens with zero attached hydrogens (tertiary/aromatic N) is 2. The summed E-state index contributed by atoms with van der Waals surface area (Å²) in [6.07, 6.45) is 0. The van der Waals surface area contributed by atoms with Gasteiger partial charge in [0, 0.05) is 11.1 Å². The van der Waals surface area contributed by atoms with Gasteiger partial charge in [-0.3, -0.25) is 14.8 Å². The lowest BCUT2D eigenvalue weighted by molar-refractivity contribution is 0.102. The Balaban J connectivity index is 1.50. The Labute approximate surface area is 201 Å². The maximum Gasteiger partial charge on any atom is 0.261 e. The summed E-state index contributed by atoms with van der Waals surface area (Å²) in [5.74, 6) is 0.309. The van der Waals surface area contributed by atoms with Gasteiger partial charge >= 0.3 is 0 Å². The maximum atomic E-state index is 12.8. The van der Waals surface area contributed by atoms with Crippen LogP contribution in [0.15, 0.2) is 71.6 Å². The van der Waals surface area contributed by atoms with Crippen LogP contribution in [0.4, 0.5) is 10.8 Å². The first kappa shape index (κ1) is 23.4. The van der Waals surface area contributed by atoms with Crippen LogP contribution in [0.3, 0.4) is 0 Å². The van der Waals surface area contributed by atoms with Crippen molar-refractivity contribution in [3.05, 3.63) is 83.4 Å². The second-order valence-corrected chi connectivity index (χ2v) is 10.2. The molecule has 2 N–H and O–H groups in total. The quantitative estimate of drug-likeness (QED) is 0.379. The van der Waals surface area contributed by atoms with Gasteiger partial charge in [0.1, 0.15) is 10.8 Å². The third-order valence-corrected chi connectivity index (χ3v) is 7.33. The number of hydrogen-bond acceptors (Lipinski definition) is 7. The smallest absolute Gasteiger partial charge is 0.261 e. The number of benzene rings is 3. The highest BCUT2D eigenvalue weighted by molar-refractivity contribution is 7.92. The number of amides is 1. The Bertz CT molecular complexity index is 1430. The molecule has 1 heterocycles. The van der Waals surface area contributed by atoms with E-state index >= 15 is 0 Å². The summed E-state index contributed by atoms with van der Waals surface area (Å²) in [5, 5.41) is 11.9. The first-order valence-electron chi connectivity index (χ1n) is 10.2. The van der Waals surface area contributed by atoms with E-state index in [9.17, 15) is 13.2 Å². The van der Waals surface area contributed by atoms with Gasteiger partial charge in [0.05, 0.1) is 17.7 Å². The topological polar surface area (TPSA) is 110 Å². The van der Waals surface area contributed by atoms with Gasteiger partial charge in [-0.2, -0.15) is 0 Å². The normalized spacial score (nSPS) is 11.1. The third-order valence-electron chi connectivity index (χ3n) is 5.06. The molecule has 34 heavy (non-hydrogen) atoms. The third kappa shape index (κ3) is 5.24. The van der Waals surface area contributed by atoms with Crippen LogP contribution in [0.25, 0.3) is 10.6 Å². The molecule has 4 aromatic rings. The summed E-state index contributed by atoms with van der Waals surface area (Å²) < 4.78 is 33.3. The Hall–Kier alpha value is -3.76. The Morgan fingerprint density at radius 2 is 1.65 bits per heavy atom. The van der Waals surface area contributed by atoms with Crippen molar-refractivity contribution in [2.24, 2.45) is 0 Å². The van der Waals surface area contributed by atoms with E-state index in [1.54, 1.807) is 50.4 Å². The van der Waals surface area contributed by atoms with Crippen LogP contribution in [0, 0.1) is 13.8 Å². The minimum absolute atomic E-state index is 0.146. The van der Waals surface area contributed by atoms with Gasteiger partial charge in [0.2, 0.25) is 5.13 Å². The van der Waals surface area contributed by atoms with Gasteiger partial charge < -0.3 is 4.74 Å². The lowest BCUT2D eigenvalue weighted by atomic mass is 10.1. The second-order valence-electron chi connectivity index (χ2n) is 7.54. The minimum Gasteiger partial charge on any atom is -0.497 e. The largest absolute Gasteiger partial charge is 0.497 e. The van der Waals surface area contributed by atoms with Gasteiger partial charge in [-0.15, -0.1) is 10.2 Å². The fourth-order valence-electron chi connectivity index (χ4n) is 3.09. The number of rotatable bonds is 7. The van der Waals surface area contributed by atoms with Gasteiger partial charge in [0.25, 0.3) is 15.9 Å². The SMILES string of the molecule is COc1ccc(-c2nnc(NC(=O)c3ccc(C)c(NS(=O)(=O)c4ccc(C)cc4)c3)s2)cc1. The number of sulfonamides is 1. The molecule has 0 aliphatic heterocycles. The number of aromatic nitrogens is 2. The van der Waals surface area contributed by atoms with Crippen LogP contribution in [0.2, 0.25) is 0 Å². The number of hydrogen-bond donors (Lipinski definition) is 2. The molecule has 0 saturated carbocycles. The van der Waals surface area contributed by atoms with Crippen molar-refractivity contribution < 1.29 is 17.9 Å². The van der Waals surface area contributed by atoms with E-state index in [1.807, 2.05) is 31.2 Å². The van der Waals surface area contributed by atoms with E-state index in [4.69, 9.17) is 4.74 Å². The molecule has 1 aromatic heterocycles. The molecule has 1 amide bonds. The molecule has 0 bridgehead atoms. The van der Waals surface area contributed by atoms with Crippen molar-refractivity contribution in [1.82, 2.24) is 10.2 Å². The standard InChI is InChI=1S/C24H22N4O4S2/c1-15-4-12-20(13-5-15)34(30,31)28-21-14-18(7-6-16(21)2)22(29)25-24-27-26-23(33-24)17-8-10-19(32-3)11-9-17/h4-14,28H,1-3H3,(H,25,27,29). The van der Waals surface area contributed by atoms with E-state index in [0.717, 1.165) is 16.9 Å². The van der Waals surface area contributed by atoms with Gasteiger partial charge in [-0.05, 0) is 67.9 Å². The Morgan fingerprint density at radius 3 is 2.32 bits per heavy atom. The zero-order valence-electron chi connectivity index (χ0n) is 18.7. The molecule has 8 nitrogen and oxygen atoms in total. The van der Waals surface area contributed by atoms with E-state index < -0.39 is 15.9 Å². The van der Waals surface area contributed by atoms with Crippen LogP contribution in [-0.2, 0) is 10.0 Å². The van der Waals surface area contributed by atoms with E-state index in [-0.39, 0.29) is 10.5 Å². The summed E-state index contributed by atoms with van der Waals surface area (Å²) in [6.45, 7) is 3.65. The predicted molar refractivity (Wildman–Crippen MR) is 133 cm³/mol. The number of methoxy groups -OCH3 is 1. The first-order valence-corrected chi connectivity index (χ1v) is 12.5. The zero-order valence-corrected chi connectivity index (χ0v) is 20.3. The molecule has 0 spiro atoms. The van der Waals surface area contributed by atoms with Crippen molar-refractivity contribution >= 4 is 38.1 Å². The molecule has 0 radical (unpaired) electrons. The van der Waals surface area contributed by atoms with Gasteiger partial charge in [-0.25, -0.2) is 8.42 Å². The van der Waals surface area contributed by atoms with Gasteiger partial charge in [-0.1, -0.05) is 35.1 Å². The molecule has 0 aliphatic rings. The lowest BCUT2D eigenvalue weighted by Crippen LogP contribution is -2.16. The van der Waals surface area contributed by atoms with Crippen molar-refractivity contribution in [2.45, 2.75) is 18.7 Å². The molecule has 0 atom stereocenters. The number of ether oxygens (including phenoxy) is 1. The fraction of sp³-hybridized carbons (Fsp3) is 0.125. The van der Waals surface area contributed by atoms with Crippen molar-refractivity contribution in [1.29, 1.82) is 0 Å². The highest BCUT2D eigenvalue weighted by Crippen LogP contribution is 2.28. The lowest BCUT2D eigenvalue weighted by Gasteiger charge is -2.12. The molecule has 0 aliphatic carbocycles. The molecule has 0 unspecified atom stereocenters. The van der Waals surface area contributed by atoms with Crippen molar-refractivity contribution in [3.8, 4) is 16.3 Å². The van der Waals surface area contributed by atoms with Crippen LogP contribution in [-0.4, -0.2) is 31.6 Å². The van der Waals surface area contributed by atoms with Crippen LogP contribution in [0.5, 0.6) is 5.75 Å². The van der Waals surface area contributed by atoms with E-state index in [0.29, 0.717) is 21.4 Å². The zero-order chi connectivity index (χ0) is 24.3. The summed E-state index contributed by atoms with van der Waals surface area (Å²) in [4.78, 5) is 13.0. The maximum absolute atomic E-state index is 12.8. The average Bonchev–Trinajstić information content (AvgIpc) is 3.29. The summed E-state index contributed by atoms with van der Waals surface area (Å²) in [7, 11) is -2.20.